The highest BCUT2D eigenvalue weighted by Crippen LogP contribution is 2.16. The zero-order valence-corrected chi connectivity index (χ0v) is 12.4. The zero-order chi connectivity index (χ0) is 15.3. The first-order valence-electron chi connectivity index (χ1n) is 6.78. The predicted molar refractivity (Wildman–Crippen MR) is 81.4 cm³/mol. The van der Waals surface area contributed by atoms with E-state index in [-0.39, 0.29) is 23.7 Å². The molecule has 1 rings (SSSR count). The van der Waals surface area contributed by atoms with Gasteiger partial charge in [-0.1, -0.05) is 33.8 Å². The van der Waals surface area contributed by atoms with Gasteiger partial charge in [0.05, 0.1) is 6.04 Å². The molecule has 0 aliphatic heterocycles. The number of hydrogen-bond acceptors (Lipinski definition) is 3. The van der Waals surface area contributed by atoms with Crippen LogP contribution in [0.4, 0.5) is 11.4 Å². The van der Waals surface area contributed by atoms with E-state index in [0.29, 0.717) is 11.4 Å². The number of nitrogens with one attached hydrogen (secondary N) is 2. The Labute approximate surface area is 119 Å². The Balaban J connectivity index is 2.73. The fraction of sp³-hybridized carbons (Fsp3) is 0.467. The summed E-state index contributed by atoms with van der Waals surface area (Å²) in [6, 6.07) is 6.47. The van der Waals surface area contributed by atoms with Gasteiger partial charge in [-0.25, -0.2) is 0 Å². The third-order valence-corrected chi connectivity index (χ3v) is 2.94. The average Bonchev–Trinajstić information content (AvgIpc) is 2.37. The molecular formula is C15H23N3O2. The van der Waals surface area contributed by atoms with Crippen molar-refractivity contribution in [3.8, 4) is 0 Å². The number of anilines is 2. The second-order valence-corrected chi connectivity index (χ2v) is 5.48. The Morgan fingerprint density at radius 3 is 1.95 bits per heavy atom. The molecule has 0 aliphatic rings. The van der Waals surface area contributed by atoms with Gasteiger partial charge in [-0.2, -0.15) is 0 Å². The second kappa shape index (κ2) is 7.05. The van der Waals surface area contributed by atoms with E-state index in [9.17, 15) is 9.59 Å². The predicted octanol–water partition coefficient (Wildman–Crippen LogP) is 2.20. The molecule has 20 heavy (non-hydrogen) atoms. The van der Waals surface area contributed by atoms with Crippen LogP contribution in [0.2, 0.25) is 0 Å². The largest absolute Gasteiger partial charge is 0.326 e. The molecule has 2 amide bonds. The van der Waals surface area contributed by atoms with E-state index in [1.807, 2.05) is 27.7 Å². The van der Waals surface area contributed by atoms with Crippen molar-refractivity contribution < 1.29 is 9.59 Å². The van der Waals surface area contributed by atoms with Crippen LogP contribution in [0.25, 0.3) is 0 Å². The summed E-state index contributed by atoms with van der Waals surface area (Å²) in [4.78, 5) is 23.5. The Kier molecular flexibility index (Phi) is 5.70. The van der Waals surface area contributed by atoms with Crippen molar-refractivity contribution in [2.75, 3.05) is 10.6 Å². The summed E-state index contributed by atoms with van der Waals surface area (Å²) in [7, 11) is 0. The molecule has 4 N–H and O–H groups in total. The van der Waals surface area contributed by atoms with Crippen LogP contribution in [0.1, 0.15) is 27.7 Å². The van der Waals surface area contributed by atoms with E-state index in [1.54, 1.807) is 24.3 Å². The topological polar surface area (TPSA) is 84.2 Å². The van der Waals surface area contributed by atoms with Gasteiger partial charge in [-0.15, -0.1) is 0 Å². The van der Waals surface area contributed by atoms with Crippen molar-refractivity contribution in [1.82, 2.24) is 0 Å². The van der Waals surface area contributed by atoms with Gasteiger partial charge in [0.2, 0.25) is 11.8 Å². The third kappa shape index (κ3) is 4.66. The molecule has 5 heteroatoms. The lowest BCUT2D eigenvalue weighted by Gasteiger charge is -2.16. The molecule has 1 aromatic carbocycles. The standard InChI is InChI=1S/C15H23N3O2/c1-9(2)13(16)15(20)18-12-7-5-6-11(8-12)17-14(19)10(3)4/h5-10,13H,16H2,1-4H3,(H,17,19)(H,18,20). The highest BCUT2D eigenvalue weighted by molar-refractivity contribution is 5.96. The number of amides is 2. The van der Waals surface area contributed by atoms with E-state index in [2.05, 4.69) is 10.6 Å². The van der Waals surface area contributed by atoms with E-state index < -0.39 is 6.04 Å². The van der Waals surface area contributed by atoms with Gasteiger partial charge in [0.1, 0.15) is 0 Å². The lowest BCUT2D eigenvalue weighted by Crippen LogP contribution is -2.39. The van der Waals surface area contributed by atoms with Crippen molar-refractivity contribution >= 4 is 23.2 Å². The van der Waals surface area contributed by atoms with E-state index in [0.717, 1.165) is 0 Å². The van der Waals surface area contributed by atoms with Crippen LogP contribution < -0.4 is 16.4 Å². The lowest BCUT2D eigenvalue weighted by molar-refractivity contribution is -0.119. The highest BCUT2D eigenvalue weighted by Gasteiger charge is 2.17. The summed E-state index contributed by atoms with van der Waals surface area (Å²) in [6.07, 6.45) is 0. The summed E-state index contributed by atoms with van der Waals surface area (Å²) in [5, 5.41) is 5.54. The SMILES string of the molecule is CC(C)C(=O)Nc1cccc(NC(=O)C(N)C(C)C)c1. The van der Waals surface area contributed by atoms with E-state index in [1.165, 1.54) is 0 Å². The van der Waals surface area contributed by atoms with E-state index >= 15 is 0 Å². The van der Waals surface area contributed by atoms with Crippen LogP contribution in [0, 0.1) is 11.8 Å². The Hall–Kier alpha value is -1.88. The van der Waals surface area contributed by atoms with Crippen molar-refractivity contribution in [1.29, 1.82) is 0 Å². The Bertz CT molecular complexity index is 484. The summed E-state index contributed by atoms with van der Waals surface area (Å²) in [6.45, 7) is 7.43. The van der Waals surface area contributed by atoms with Crippen LogP contribution >= 0.6 is 0 Å². The number of benzene rings is 1. The van der Waals surface area contributed by atoms with Crippen molar-refractivity contribution in [3.63, 3.8) is 0 Å². The molecule has 0 spiro atoms. The molecule has 0 fully saturated rings. The summed E-state index contributed by atoms with van der Waals surface area (Å²) in [5.41, 5.74) is 7.06. The average molecular weight is 277 g/mol. The Morgan fingerprint density at radius 1 is 1.00 bits per heavy atom. The fourth-order valence-electron chi connectivity index (χ4n) is 1.49. The summed E-state index contributed by atoms with van der Waals surface area (Å²) in [5.74, 6) is -0.318. The van der Waals surface area contributed by atoms with Gasteiger partial charge in [0.15, 0.2) is 0 Å². The minimum Gasteiger partial charge on any atom is -0.326 e. The van der Waals surface area contributed by atoms with Gasteiger partial charge in [0.25, 0.3) is 0 Å². The third-order valence-electron chi connectivity index (χ3n) is 2.94. The maximum atomic E-state index is 11.9. The maximum absolute atomic E-state index is 11.9. The monoisotopic (exact) mass is 277 g/mol. The number of hydrogen-bond donors (Lipinski definition) is 3. The molecule has 0 radical (unpaired) electrons. The first kappa shape index (κ1) is 16.2. The molecule has 1 atom stereocenters. The molecule has 0 saturated carbocycles. The first-order valence-corrected chi connectivity index (χ1v) is 6.78. The van der Waals surface area contributed by atoms with Gasteiger partial charge >= 0.3 is 0 Å². The minimum absolute atomic E-state index is 0.0626. The van der Waals surface area contributed by atoms with Crippen molar-refractivity contribution in [2.24, 2.45) is 17.6 Å². The normalized spacial score (nSPS) is 12.3. The summed E-state index contributed by atoms with van der Waals surface area (Å²) < 4.78 is 0. The molecule has 0 bridgehead atoms. The number of carbonyl (C=O) groups excluding carboxylic acids is 2. The molecule has 1 aromatic rings. The quantitative estimate of drug-likeness (QED) is 0.771. The van der Waals surface area contributed by atoms with Crippen LogP contribution in [0.3, 0.4) is 0 Å². The molecule has 1 unspecified atom stereocenters. The number of carbonyl (C=O) groups is 2. The lowest BCUT2D eigenvalue weighted by atomic mass is 10.0. The van der Waals surface area contributed by atoms with E-state index in [4.69, 9.17) is 5.73 Å². The minimum atomic E-state index is -0.552. The summed E-state index contributed by atoms with van der Waals surface area (Å²) >= 11 is 0. The molecule has 0 aliphatic carbocycles. The maximum Gasteiger partial charge on any atom is 0.241 e. The molecule has 0 aromatic heterocycles. The van der Waals surface area contributed by atoms with Crippen LogP contribution in [-0.2, 0) is 9.59 Å². The van der Waals surface area contributed by atoms with Gasteiger partial charge in [0, 0.05) is 17.3 Å². The number of rotatable bonds is 5. The number of nitrogens with two attached hydrogens (primary N) is 1. The van der Waals surface area contributed by atoms with Gasteiger partial charge in [-0.05, 0) is 24.1 Å². The van der Waals surface area contributed by atoms with Gasteiger partial charge in [-0.3, -0.25) is 9.59 Å². The molecule has 0 heterocycles. The second-order valence-electron chi connectivity index (χ2n) is 5.48. The van der Waals surface area contributed by atoms with Gasteiger partial charge < -0.3 is 16.4 Å². The smallest absolute Gasteiger partial charge is 0.241 e. The molecule has 5 nitrogen and oxygen atoms in total. The Morgan fingerprint density at radius 2 is 1.50 bits per heavy atom. The van der Waals surface area contributed by atoms with Crippen LogP contribution in [-0.4, -0.2) is 17.9 Å². The van der Waals surface area contributed by atoms with Crippen LogP contribution in [0.5, 0.6) is 0 Å². The highest BCUT2D eigenvalue weighted by atomic mass is 16.2. The van der Waals surface area contributed by atoms with Crippen molar-refractivity contribution in [2.45, 2.75) is 33.7 Å². The molecular weight excluding hydrogens is 254 g/mol. The fourth-order valence-corrected chi connectivity index (χ4v) is 1.49. The molecule has 0 saturated heterocycles. The first-order chi connectivity index (χ1) is 9.31. The van der Waals surface area contributed by atoms with Crippen molar-refractivity contribution in [3.05, 3.63) is 24.3 Å². The molecule has 110 valence electrons. The van der Waals surface area contributed by atoms with Crippen LogP contribution in [0.15, 0.2) is 24.3 Å². The zero-order valence-electron chi connectivity index (χ0n) is 12.4.